The number of anilines is 4. The third kappa shape index (κ3) is 5.93. The summed E-state index contributed by atoms with van der Waals surface area (Å²) >= 11 is 0. The Morgan fingerprint density at radius 1 is 0.733 bits per heavy atom. The van der Waals surface area contributed by atoms with Gasteiger partial charge in [0.2, 0.25) is 5.91 Å². The molecular formula is C23H21N3O4. The van der Waals surface area contributed by atoms with E-state index in [-0.39, 0.29) is 5.91 Å². The van der Waals surface area contributed by atoms with Crippen LogP contribution in [-0.2, 0) is 14.3 Å². The fourth-order valence-electron chi connectivity index (χ4n) is 2.69. The van der Waals surface area contributed by atoms with Crippen LogP contribution in [0, 0.1) is 0 Å². The summed E-state index contributed by atoms with van der Waals surface area (Å²) in [6, 6.07) is 23.0. The number of esters is 1. The van der Waals surface area contributed by atoms with E-state index in [1.54, 1.807) is 48.5 Å². The first kappa shape index (κ1) is 20.6. The molecule has 2 amide bonds. The molecule has 0 saturated carbocycles. The first-order valence-electron chi connectivity index (χ1n) is 9.27. The van der Waals surface area contributed by atoms with Gasteiger partial charge in [0.05, 0.1) is 11.3 Å². The topological polar surface area (TPSA) is 96.5 Å². The Balaban J connectivity index is 1.56. The maximum absolute atomic E-state index is 12.5. The van der Waals surface area contributed by atoms with Crippen molar-refractivity contribution < 1.29 is 19.1 Å². The van der Waals surface area contributed by atoms with Crippen molar-refractivity contribution in [1.29, 1.82) is 0 Å². The molecule has 3 aromatic carbocycles. The van der Waals surface area contributed by atoms with Crippen LogP contribution in [0.5, 0.6) is 0 Å². The van der Waals surface area contributed by atoms with E-state index in [4.69, 9.17) is 4.74 Å². The quantitative estimate of drug-likeness (QED) is 0.514. The number of carbonyl (C=O) groups excluding carboxylic acids is 3. The number of rotatable bonds is 7. The molecule has 0 unspecified atom stereocenters. The molecule has 0 aliphatic heterocycles. The summed E-state index contributed by atoms with van der Waals surface area (Å²) in [4.78, 5) is 35.6. The average molecular weight is 403 g/mol. The van der Waals surface area contributed by atoms with E-state index >= 15 is 0 Å². The molecule has 7 nitrogen and oxygen atoms in total. The normalized spacial score (nSPS) is 10.0. The summed E-state index contributed by atoms with van der Waals surface area (Å²) in [5.41, 5.74) is 2.89. The molecular weight excluding hydrogens is 382 g/mol. The SMILES string of the molecule is CC(=O)Nc1ccc(NC(=O)COC(=O)c2ccccc2Nc2ccccc2)cc1. The minimum atomic E-state index is -0.606. The van der Waals surface area contributed by atoms with Crippen LogP contribution in [0.1, 0.15) is 17.3 Å². The zero-order valence-corrected chi connectivity index (χ0v) is 16.3. The largest absolute Gasteiger partial charge is 0.452 e. The van der Waals surface area contributed by atoms with Gasteiger partial charge in [-0.25, -0.2) is 4.79 Å². The van der Waals surface area contributed by atoms with Gasteiger partial charge in [0.25, 0.3) is 5.91 Å². The van der Waals surface area contributed by atoms with Crippen molar-refractivity contribution >= 4 is 40.5 Å². The highest BCUT2D eigenvalue weighted by Gasteiger charge is 2.14. The van der Waals surface area contributed by atoms with E-state index in [0.717, 1.165) is 5.69 Å². The number of amides is 2. The Hall–Kier alpha value is -4.13. The maximum Gasteiger partial charge on any atom is 0.340 e. The zero-order valence-electron chi connectivity index (χ0n) is 16.3. The minimum Gasteiger partial charge on any atom is -0.452 e. The van der Waals surface area contributed by atoms with Crippen LogP contribution in [0.4, 0.5) is 22.7 Å². The molecule has 7 heteroatoms. The summed E-state index contributed by atoms with van der Waals surface area (Å²) in [6.07, 6.45) is 0. The predicted octanol–water partition coefficient (Wildman–Crippen LogP) is 4.18. The molecule has 0 bridgehead atoms. The van der Waals surface area contributed by atoms with Gasteiger partial charge >= 0.3 is 5.97 Å². The molecule has 0 radical (unpaired) electrons. The second kappa shape index (κ2) is 9.88. The van der Waals surface area contributed by atoms with Crippen LogP contribution in [0.15, 0.2) is 78.9 Å². The van der Waals surface area contributed by atoms with Gasteiger partial charge in [0, 0.05) is 24.0 Å². The van der Waals surface area contributed by atoms with Crippen LogP contribution in [0.3, 0.4) is 0 Å². The molecule has 0 fully saturated rings. The lowest BCUT2D eigenvalue weighted by molar-refractivity contribution is -0.119. The highest BCUT2D eigenvalue weighted by Crippen LogP contribution is 2.21. The lowest BCUT2D eigenvalue weighted by atomic mass is 10.1. The van der Waals surface area contributed by atoms with Gasteiger partial charge in [0.1, 0.15) is 0 Å². The zero-order chi connectivity index (χ0) is 21.3. The van der Waals surface area contributed by atoms with E-state index in [1.165, 1.54) is 6.92 Å². The van der Waals surface area contributed by atoms with Gasteiger partial charge in [-0.3, -0.25) is 9.59 Å². The lowest BCUT2D eigenvalue weighted by Gasteiger charge is -2.12. The molecule has 3 rings (SSSR count). The molecule has 0 heterocycles. The number of hydrogen-bond acceptors (Lipinski definition) is 5. The van der Waals surface area contributed by atoms with E-state index in [9.17, 15) is 14.4 Å². The lowest BCUT2D eigenvalue weighted by Crippen LogP contribution is -2.21. The molecule has 0 atom stereocenters. The molecule has 0 spiro atoms. The van der Waals surface area contributed by atoms with Crippen molar-refractivity contribution in [2.75, 3.05) is 22.6 Å². The van der Waals surface area contributed by atoms with Gasteiger partial charge in [-0.1, -0.05) is 30.3 Å². The predicted molar refractivity (Wildman–Crippen MR) is 116 cm³/mol. The Kier molecular flexibility index (Phi) is 6.78. The van der Waals surface area contributed by atoms with Gasteiger partial charge in [-0.05, 0) is 48.5 Å². The Labute approximate surface area is 174 Å². The van der Waals surface area contributed by atoms with Crippen molar-refractivity contribution in [2.24, 2.45) is 0 Å². The number of para-hydroxylation sites is 2. The van der Waals surface area contributed by atoms with Crippen LogP contribution in [-0.4, -0.2) is 24.4 Å². The first-order valence-corrected chi connectivity index (χ1v) is 9.27. The molecule has 152 valence electrons. The fraction of sp³-hybridized carbons (Fsp3) is 0.0870. The number of hydrogen-bond donors (Lipinski definition) is 3. The van der Waals surface area contributed by atoms with Crippen LogP contribution < -0.4 is 16.0 Å². The molecule has 0 aliphatic carbocycles. The third-order valence-corrected chi connectivity index (χ3v) is 4.02. The van der Waals surface area contributed by atoms with Crippen molar-refractivity contribution in [3.63, 3.8) is 0 Å². The molecule has 0 saturated heterocycles. The monoisotopic (exact) mass is 403 g/mol. The number of nitrogens with one attached hydrogen (secondary N) is 3. The molecule has 3 aromatic rings. The summed E-state index contributed by atoms with van der Waals surface area (Å²) in [7, 11) is 0. The smallest absolute Gasteiger partial charge is 0.340 e. The highest BCUT2D eigenvalue weighted by atomic mass is 16.5. The van der Waals surface area contributed by atoms with E-state index in [1.807, 2.05) is 30.3 Å². The maximum atomic E-state index is 12.5. The number of ether oxygens (including phenoxy) is 1. The number of benzene rings is 3. The molecule has 30 heavy (non-hydrogen) atoms. The Morgan fingerprint density at radius 3 is 2.00 bits per heavy atom. The van der Waals surface area contributed by atoms with Gasteiger partial charge in [-0.15, -0.1) is 0 Å². The van der Waals surface area contributed by atoms with Crippen molar-refractivity contribution in [1.82, 2.24) is 0 Å². The second-order valence-corrected chi connectivity index (χ2v) is 6.42. The Morgan fingerprint density at radius 2 is 1.33 bits per heavy atom. The van der Waals surface area contributed by atoms with Crippen LogP contribution in [0.25, 0.3) is 0 Å². The van der Waals surface area contributed by atoms with E-state index in [2.05, 4.69) is 16.0 Å². The second-order valence-electron chi connectivity index (χ2n) is 6.42. The minimum absolute atomic E-state index is 0.180. The first-order chi connectivity index (χ1) is 14.5. The van der Waals surface area contributed by atoms with Crippen LogP contribution in [0.2, 0.25) is 0 Å². The summed E-state index contributed by atoms with van der Waals surface area (Å²) in [5.74, 6) is -1.25. The average Bonchev–Trinajstić information content (AvgIpc) is 2.74. The van der Waals surface area contributed by atoms with Crippen LogP contribution >= 0.6 is 0 Å². The summed E-state index contributed by atoms with van der Waals surface area (Å²) < 4.78 is 5.17. The van der Waals surface area contributed by atoms with Crippen molar-refractivity contribution in [3.8, 4) is 0 Å². The van der Waals surface area contributed by atoms with E-state index < -0.39 is 18.5 Å². The van der Waals surface area contributed by atoms with Gasteiger partial charge < -0.3 is 20.7 Å². The number of carbonyl (C=O) groups is 3. The Bertz CT molecular complexity index is 1030. The molecule has 0 aliphatic rings. The molecule has 3 N–H and O–H groups in total. The summed E-state index contributed by atoms with van der Waals surface area (Å²) in [6.45, 7) is 0.990. The van der Waals surface area contributed by atoms with Crippen molar-refractivity contribution in [3.05, 3.63) is 84.4 Å². The van der Waals surface area contributed by atoms with E-state index in [0.29, 0.717) is 22.6 Å². The van der Waals surface area contributed by atoms with Gasteiger partial charge in [-0.2, -0.15) is 0 Å². The highest BCUT2D eigenvalue weighted by molar-refractivity contribution is 5.99. The fourth-order valence-corrected chi connectivity index (χ4v) is 2.69. The standard InChI is InChI=1S/C23H21N3O4/c1-16(27)24-18-11-13-19(14-12-18)26-22(28)15-30-23(29)20-9-5-6-10-21(20)25-17-7-3-2-4-8-17/h2-14,25H,15H2,1H3,(H,24,27)(H,26,28). The summed E-state index contributed by atoms with van der Waals surface area (Å²) in [5, 5.41) is 8.45. The van der Waals surface area contributed by atoms with Gasteiger partial charge in [0.15, 0.2) is 6.61 Å². The third-order valence-electron chi connectivity index (χ3n) is 4.02. The molecule has 0 aromatic heterocycles. The van der Waals surface area contributed by atoms with Crippen molar-refractivity contribution in [2.45, 2.75) is 6.92 Å².